The Bertz CT molecular complexity index is 606. The Kier molecular flexibility index (Phi) is 12.2. The second-order valence-corrected chi connectivity index (χ2v) is 7.74. The molecule has 0 aromatic carbocycles. The first kappa shape index (κ1) is 29.6. The van der Waals surface area contributed by atoms with Crippen LogP contribution in [0.4, 0.5) is 17.6 Å². The molecule has 2 fully saturated rings. The molecule has 0 spiro atoms. The Labute approximate surface area is 194 Å². The predicted molar refractivity (Wildman–Crippen MR) is 107 cm³/mol. The molecule has 34 heavy (non-hydrogen) atoms. The Morgan fingerprint density at radius 2 is 0.794 bits per heavy atom. The second kappa shape index (κ2) is 14.0. The molecule has 0 unspecified atom stereocenters. The summed E-state index contributed by atoms with van der Waals surface area (Å²) < 4.78 is 67.1. The van der Waals surface area contributed by atoms with Crippen molar-refractivity contribution < 1.29 is 55.7 Å². The summed E-state index contributed by atoms with van der Waals surface area (Å²) in [5.74, 6) is -5.21. The third kappa shape index (κ3) is 8.38. The van der Waals surface area contributed by atoms with Gasteiger partial charge in [0.1, 0.15) is 0 Å². The number of hydrogen-bond acceptors (Lipinski definition) is 10. The molecule has 0 aromatic heterocycles. The maximum absolute atomic E-state index is 12.2. The maximum atomic E-state index is 12.2. The van der Waals surface area contributed by atoms with Crippen LogP contribution in [-0.2, 0) is 38.1 Å². The van der Waals surface area contributed by atoms with E-state index in [4.69, 9.17) is 0 Å². The first-order chi connectivity index (χ1) is 16.0. The summed E-state index contributed by atoms with van der Waals surface area (Å²) >= 11 is 0. The number of hydrogen-bond donors (Lipinski definition) is 0. The van der Waals surface area contributed by atoms with Crippen LogP contribution in [0.1, 0.15) is 0 Å². The van der Waals surface area contributed by atoms with Crippen LogP contribution in [0, 0.1) is 23.7 Å². The molecule has 2 saturated heterocycles. The lowest BCUT2D eigenvalue weighted by atomic mass is 9.96. The fourth-order valence-electron chi connectivity index (χ4n) is 4.02. The van der Waals surface area contributed by atoms with Gasteiger partial charge in [0.2, 0.25) is 0 Å². The van der Waals surface area contributed by atoms with Crippen LogP contribution in [-0.4, -0.2) is 114 Å². The highest BCUT2D eigenvalue weighted by atomic mass is 19.3. The molecule has 196 valence electrons. The minimum atomic E-state index is -2.50. The lowest BCUT2D eigenvalue weighted by Gasteiger charge is -2.13. The number of carbonyl (C=O) groups excluding carboxylic acids is 4. The van der Waals surface area contributed by atoms with Gasteiger partial charge in [0.25, 0.3) is 12.9 Å². The minimum absolute atomic E-state index is 0.0940. The van der Waals surface area contributed by atoms with Crippen molar-refractivity contribution in [1.29, 1.82) is 0 Å². The molecule has 0 bridgehead atoms. The van der Waals surface area contributed by atoms with E-state index in [1.54, 1.807) is 0 Å². The quantitative estimate of drug-likeness (QED) is 0.261. The van der Waals surface area contributed by atoms with Crippen LogP contribution in [0.3, 0.4) is 0 Å². The number of rotatable bonds is 8. The van der Waals surface area contributed by atoms with Crippen molar-refractivity contribution in [3.63, 3.8) is 0 Å². The van der Waals surface area contributed by atoms with E-state index in [1.165, 1.54) is 38.2 Å². The van der Waals surface area contributed by atoms with E-state index in [0.29, 0.717) is 0 Å². The van der Waals surface area contributed by atoms with Gasteiger partial charge in [0, 0.05) is 26.2 Å². The van der Waals surface area contributed by atoms with E-state index in [9.17, 15) is 36.7 Å². The molecule has 0 amide bonds. The second-order valence-electron chi connectivity index (χ2n) is 7.74. The van der Waals surface area contributed by atoms with Gasteiger partial charge in [0.05, 0.1) is 65.2 Å². The number of nitrogens with zero attached hydrogens (tertiary/aromatic N) is 2. The number of carbonyl (C=O) groups is 4. The fourth-order valence-corrected chi connectivity index (χ4v) is 4.02. The lowest BCUT2D eigenvalue weighted by molar-refractivity contribution is -0.155. The summed E-state index contributed by atoms with van der Waals surface area (Å²) in [5, 5.41) is 0. The van der Waals surface area contributed by atoms with Crippen molar-refractivity contribution in [1.82, 2.24) is 9.80 Å². The zero-order valence-corrected chi connectivity index (χ0v) is 19.4. The molecular weight excluding hydrogens is 472 g/mol. The average Bonchev–Trinajstić information content (AvgIpc) is 3.41. The van der Waals surface area contributed by atoms with Gasteiger partial charge in [-0.1, -0.05) is 0 Å². The number of methoxy groups -OCH3 is 4. The standard InChI is InChI=1S/2C10H15F2NO4/c2*1-16-9(14)6-3-13(5-8(11)12)4-7(6)10(15)17-2/h2*6-8H,3-5H2,1-2H3/t2*6-,7-/m00/s1. The number of ether oxygens (including phenoxy) is 4. The molecule has 2 heterocycles. The van der Waals surface area contributed by atoms with E-state index >= 15 is 0 Å². The monoisotopic (exact) mass is 502 g/mol. The van der Waals surface area contributed by atoms with Gasteiger partial charge in [-0.2, -0.15) is 0 Å². The largest absolute Gasteiger partial charge is 0.469 e. The van der Waals surface area contributed by atoms with Gasteiger partial charge in [-0.25, -0.2) is 17.6 Å². The molecule has 0 aliphatic carbocycles. The molecule has 14 heteroatoms. The van der Waals surface area contributed by atoms with Gasteiger partial charge < -0.3 is 18.9 Å². The highest BCUT2D eigenvalue weighted by Crippen LogP contribution is 2.27. The van der Waals surface area contributed by atoms with Crippen LogP contribution >= 0.6 is 0 Å². The fraction of sp³-hybridized carbons (Fsp3) is 0.800. The average molecular weight is 502 g/mol. The van der Waals surface area contributed by atoms with Gasteiger partial charge in [0.15, 0.2) is 0 Å². The summed E-state index contributed by atoms with van der Waals surface area (Å²) in [6.07, 6.45) is -4.99. The molecule has 2 rings (SSSR count). The van der Waals surface area contributed by atoms with Gasteiger partial charge in [-0.05, 0) is 0 Å². The topological polar surface area (TPSA) is 112 Å². The van der Waals surface area contributed by atoms with Crippen LogP contribution in [0.25, 0.3) is 0 Å². The maximum Gasteiger partial charge on any atom is 0.310 e. The van der Waals surface area contributed by atoms with E-state index in [0.717, 1.165) is 0 Å². The van der Waals surface area contributed by atoms with Crippen molar-refractivity contribution >= 4 is 23.9 Å². The highest BCUT2D eigenvalue weighted by Gasteiger charge is 2.44. The Balaban J connectivity index is 0.000000340. The van der Waals surface area contributed by atoms with E-state index < -0.39 is 73.5 Å². The molecule has 2 aliphatic rings. The summed E-state index contributed by atoms with van der Waals surface area (Å²) in [5.41, 5.74) is 0. The van der Waals surface area contributed by atoms with Crippen molar-refractivity contribution in [2.24, 2.45) is 23.7 Å². The van der Waals surface area contributed by atoms with Crippen LogP contribution in [0.5, 0.6) is 0 Å². The van der Waals surface area contributed by atoms with Crippen LogP contribution < -0.4 is 0 Å². The van der Waals surface area contributed by atoms with Crippen molar-refractivity contribution in [3.05, 3.63) is 0 Å². The molecule has 0 saturated carbocycles. The molecular formula is C20H30F4N2O8. The SMILES string of the molecule is COC(=O)[C@H]1CN(CC(F)F)C[C@@H]1C(=O)OC.COC(=O)[C@H]1CN(CC(F)F)C[C@@H]1C(=O)OC. The van der Waals surface area contributed by atoms with Gasteiger partial charge in [-0.15, -0.1) is 0 Å². The Morgan fingerprint density at radius 3 is 0.941 bits per heavy atom. The summed E-state index contributed by atoms with van der Waals surface area (Å²) in [6.45, 7) is -0.539. The molecule has 0 radical (unpaired) electrons. The van der Waals surface area contributed by atoms with E-state index in [2.05, 4.69) is 18.9 Å². The predicted octanol–water partition coefficient (Wildman–Crippen LogP) is 0.291. The number of likely N-dealkylation sites (tertiary alicyclic amines) is 2. The molecule has 10 nitrogen and oxygen atoms in total. The smallest absolute Gasteiger partial charge is 0.310 e. The van der Waals surface area contributed by atoms with Crippen molar-refractivity contribution in [2.45, 2.75) is 12.9 Å². The Hall–Kier alpha value is -2.48. The summed E-state index contributed by atoms with van der Waals surface area (Å²) in [7, 11) is 4.80. The van der Waals surface area contributed by atoms with Crippen LogP contribution in [0.2, 0.25) is 0 Å². The van der Waals surface area contributed by atoms with Crippen molar-refractivity contribution in [2.75, 3.05) is 67.7 Å². The first-order valence-electron chi connectivity index (χ1n) is 10.3. The highest BCUT2D eigenvalue weighted by molar-refractivity contribution is 5.83. The number of alkyl halides is 4. The van der Waals surface area contributed by atoms with Gasteiger partial charge >= 0.3 is 23.9 Å². The zero-order chi connectivity index (χ0) is 26.0. The number of halogens is 4. The minimum Gasteiger partial charge on any atom is -0.469 e. The number of esters is 4. The summed E-state index contributed by atoms with van der Waals surface area (Å²) in [6, 6.07) is 0. The summed E-state index contributed by atoms with van der Waals surface area (Å²) in [4.78, 5) is 48.5. The molecule has 4 atom stereocenters. The first-order valence-corrected chi connectivity index (χ1v) is 10.3. The Morgan fingerprint density at radius 1 is 0.588 bits per heavy atom. The van der Waals surface area contributed by atoms with Gasteiger partial charge in [-0.3, -0.25) is 29.0 Å². The lowest BCUT2D eigenvalue weighted by Crippen LogP contribution is -2.30. The van der Waals surface area contributed by atoms with Crippen LogP contribution in [0.15, 0.2) is 0 Å². The molecule has 0 aromatic rings. The molecule has 0 N–H and O–H groups in total. The molecule has 2 aliphatic heterocycles. The third-order valence-corrected chi connectivity index (χ3v) is 5.60. The van der Waals surface area contributed by atoms with E-state index in [-0.39, 0.29) is 26.2 Å². The zero-order valence-electron chi connectivity index (χ0n) is 19.4. The van der Waals surface area contributed by atoms with Crippen molar-refractivity contribution in [3.8, 4) is 0 Å². The normalized spacial score (nSPS) is 25.0. The third-order valence-electron chi connectivity index (χ3n) is 5.60. The van der Waals surface area contributed by atoms with E-state index in [1.807, 2.05) is 0 Å².